The molecule has 0 saturated heterocycles. The molecule has 5 rings (SSSR count). The second-order valence-corrected chi connectivity index (χ2v) is 6.49. The maximum atomic E-state index is 11.0. The Kier molecular flexibility index (Phi) is 2.20. The number of nitrogens with two attached hydrogens (primary N) is 1. The van der Waals surface area contributed by atoms with Crippen LogP contribution in [-0.4, -0.2) is 26.1 Å². The van der Waals surface area contributed by atoms with Crippen LogP contribution in [0, 0.1) is 23.7 Å². The Morgan fingerprint density at radius 3 is 2.21 bits per heavy atom. The largest absolute Gasteiger partial charge is 0.476 e. The molecule has 1 heterocycles. The van der Waals surface area contributed by atoms with Gasteiger partial charge in [-0.3, -0.25) is 0 Å². The van der Waals surface area contributed by atoms with E-state index >= 15 is 0 Å². The number of nitrogen functional groups attached to an aromatic ring is 1. The predicted molar refractivity (Wildman–Crippen MR) is 67.5 cm³/mol. The highest BCUT2D eigenvalue weighted by Gasteiger charge is 2.50. The molecule has 1 aromatic rings. The minimum Gasteiger partial charge on any atom is -0.476 e. The van der Waals surface area contributed by atoms with E-state index in [4.69, 9.17) is 10.8 Å². The van der Waals surface area contributed by atoms with Crippen molar-refractivity contribution in [2.45, 2.75) is 38.1 Å². The van der Waals surface area contributed by atoms with Crippen molar-refractivity contribution in [1.82, 2.24) is 15.0 Å². The van der Waals surface area contributed by atoms with Gasteiger partial charge in [0.05, 0.1) is 6.04 Å². The van der Waals surface area contributed by atoms with Crippen LogP contribution in [0.1, 0.15) is 48.6 Å². The fourth-order valence-corrected chi connectivity index (χ4v) is 4.97. The molecule has 1 aromatic heterocycles. The zero-order valence-corrected chi connectivity index (χ0v) is 10.7. The number of carboxylic acids is 1. The first-order valence-electron chi connectivity index (χ1n) is 7.07. The lowest BCUT2D eigenvalue weighted by Gasteiger charge is -2.54. The molecule has 4 aliphatic carbocycles. The van der Waals surface area contributed by atoms with Crippen LogP contribution < -0.4 is 5.73 Å². The van der Waals surface area contributed by atoms with Gasteiger partial charge in [-0.2, -0.15) is 0 Å². The Morgan fingerprint density at radius 2 is 1.74 bits per heavy atom. The van der Waals surface area contributed by atoms with Crippen LogP contribution in [0.25, 0.3) is 0 Å². The van der Waals surface area contributed by atoms with Crippen molar-refractivity contribution in [2.24, 2.45) is 23.7 Å². The molecule has 0 unspecified atom stereocenters. The monoisotopic (exact) mass is 262 g/mol. The topological polar surface area (TPSA) is 94.0 Å². The van der Waals surface area contributed by atoms with Crippen LogP contribution in [0.4, 0.5) is 5.82 Å². The number of nitrogens with zero attached hydrogens (tertiary/aromatic N) is 3. The van der Waals surface area contributed by atoms with Crippen LogP contribution in [0.3, 0.4) is 0 Å². The molecule has 0 radical (unpaired) electrons. The summed E-state index contributed by atoms with van der Waals surface area (Å²) in [6.07, 6.45) is 6.39. The fourth-order valence-electron chi connectivity index (χ4n) is 4.97. The number of hydrogen-bond acceptors (Lipinski definition) is 4. The van der Waals surface area contributed by atoms with Gasteiger partial charge in [0.25, 0.3) is 0 Å². The molecular formula is C13H18N4O2. The molecule has 0 atom stereocenters. The number of anilines is 1. The first kappa shape index (κ1) is 11.3. The molecular weight excluding hydrogens is 244 g/mol. The Morgan fingerprint density at radius 1 is 1.16 bits per heavy atom. The zero-order valence-electron chi connectivity index (χ0n) is 10.7. The average Bonchev–Trinajstić information content (AvgIpc) is 2.70. The lowest BCUT2D eigenvalue weighted by Crippen LogP contribution is -2.46. The van der Waals surface area contributed by atoms with Crippen molar-refractivity contribution < 1.29 is 9.90 Å². The third-order valence-electron chi connectivity index (χ3n) is 5.39. The van der Waals surface area contributed by atoms with Gasteiger partial charge in [-0.25, -0.2) is 9.48 Å². The summed E-state index contributed by atoms with van der Waals surface area (Å²) in [4.78, 5) is 11.0. The highest BCUT2D eigenvalue weighted by Crippen LogP contribution is 2.58. The number of carboxylic acid groups (broad SMARTS) is 1. The summed E-state index contributed by atoms with van der Waals surface area (Å²) in [5.74, 6) is 2.12. The number of rotatable bonds is 2. The van der Waals surface area contributed by atoms with Crippen molar-refractivity contribution in [2.75, 3.05) is 5.73 Å². The minimum atomic E-state index is -1.09. The van der Waals surface area contributed by atoms with Gasteiger partial charge in [-0.1, -0.05) is 5.21 Å². The summed E-state index contributed by atoms with van der Waals surface area (Å²) in [5, 5.41) is 16.8. The summed E-state index contributed by atoms with van der Waals surface area (Å²) in [5.41, 5.74) is 5.84. The highest BCUT2D eigenvalue weighted by molar-refractivity contribution is 5.90. The van der Waals surface area contributed by atoms with Crippen LogP contribution in [0.2, 0.25) is 0 Å². The van der Waals surface area contributed by atoms with Crippen LogP contribution in [-0.2, 0) is 0 Å². The van der Waals surface area contributed by atoms with Gasteiger partial charge < -0.3 is 10.8 Å². The Balaban J connectivity index is 1.71. The van der Waals surface area contributed by atoms with Crippen LogP contribution >= 0.6 is 0 Å². The highest BCUT2D eigenvalue weighted by atomic mass is 16.4. The number of aromatic nitrogens is 3. The molecule has 4 bridgehead atoms. The quantitative estimate of drug-likeness (QED) is 0.843. The molecule has 4 fully saturated rings. The maximum Gasteiger partial charge on any atom is 0.360 e. The van der Waals surface area contributed by atoms with Gasteiger partial charge in [-0.15, -0.1) is 5.10 Å². The van der Waals surface area contributed by atoms with E-state index in [0.29, 0.717) is 11.8 Å². The molecule has 0 spiro atoms. The Labute approximate surface area is 111 Å². The van der Waals surface area contributed by atoms with E-state index < -0.39 is 5.97 Å². The van der Waals surface area contributed by atoms with Gasteiger partial charge in [-0.05, 0) is 55.8 Å². The molecule has 6 heteroatoms. The van der Waals surface area contributed by atoms with Crippen molar-refractivity contribution in [3.05, 3.63) is 5.69 Å². The molecule has 3 N–H and O–H groups in total. The van der Waals surface area contributed by atoms with Gasteiger partial charge in [0.15, 0.2) is 5.82 Å². The van der Waals surface area contributed by atoms with E-state index in [9.17, 15) is 4.79 Å². The van der Waals surface area contributed by atoms with Gasteiger partial charge in [0.2, 0.25) is 5.69 Å². The van der Waals surface area contributed by atoms with Crippen molar-refractivity contribution >= 4 is 11.8 Å². The molecule has 102 valence electrons. The summed E-state index contributed by atoms with van der Waals surface area (Å²) in [6, 6.07) is 0.272. The summed E-state index contributed by atoms with van der Waals surface area (Å²) in [7, 11) is 0. The minimum absolute atomic E-state index is 0.103. The van der Waals surface area contributed by atoms with Gasteiger partial charge in [0.1, 0.15) is 0 Å². The van der Waals surface area contributed by atoms with Crippen LogP contribution in [0.15, 0.2) is 0 Å². The third-order valence-corrected chi connectivity index (χ3v) is 5.39. The standard InChI is InChI=1S/C13H18N4O2/c14-12-10(13(18)19)15-16-17(12)11-8-2-6-1-7(4-8)5-9(11)3-6/h6-9,11H,1-5,14H2,(H,18,19). The normalized spacial score (nSPS) is 39.7. The van der Waals surface area contributed by atoms with Crippen molar-refractivity contribution in [3.63, 3.8) is 0 Å². The number of aromatic carboxylic acids is 1. The van der Waals surface area contributed by atoms with E-state index in [-0.39, 0.29) is 17.6 Å². The summed E-state index contributed by atoms with van der Waals surface area (Å²) < 4.78 is 1.70. The second kappa shape index (κ2) is 3.71. The first-order chi connectivity index (χ1) is 9.13. The zero-order chi connectivity index (χ0) is 13.1. The van der Waals surface area contributed by atoms with E-state index in [0.717, 1.165) is 11.8 Å². The molecule has 0 aliphatic heterocycles. The smallest absolute Gasteiger partial charge is 0.360 e. The van der Waals surface area contributed by atoms with Crippen molar-refractivity contribution in [3.8, 4) is 0 Å². The Hall–Kier alpha value is -1.59. The van der Waals surface area contributed by atoms with E-state index in [2.05, 4.69) is 10.3 Å². The molecule has 0 amide bonds. The molecule has 4 aliphatic rings. The predicted octanol–water partition coefficient (Wildman–Crippen LogP) is 1.56. The SMILES string of the molecule is Nc1c(C(=O)O)nnn1C1C2CC3CC(C2)CC1C3. The number of carbonyl (C=O) groups is 1. The average molecular weight is 262 g/mol. The summed E-state index contributed by atoms with van der Waals surface area (Å²) in [6.45, 7) is 0. The maximum absolute atomic E-state index is 11.0. The van der Waals surface area contributed by atoms with Gasteiger partial charge in [0, 0.05) is 0 Å². The first-order valence-corrected chi connectivity index (χ1v) is 7.07. The molecule has 19 heavy (non-hydrogen) atoms. The molecule has 6 nitrogen and oxygen atoms in total. The second-order valence-electron chi connectivity index (χ2n) is 6.49. The van der Waals surface area contributed by atoms with E-state index in [1.165, 1.54) is 32.1 Å². The lowest BCUT2D eigenvalue weighted by molar-refractivity contribution is -0.0334. The fraction of sp³-hybridized carbons (Fsp3) is 0.769. The summed E-state index contributed by atoms with van der Waals surface area (Å²) >= 11 is 0. The molecule has 4 saturated carbocycles. The van der Waals surface area contributed by atoms with Crippen LogP contribution in [0.5, 0.6) is 0 Å². The number of hydrogen-bond donors (Lipinski definition) is 2. The van der Waals surface area contributed by atoms with E-state index in [1.807, 2.05) is 0 Å². The van der Waals surface area contributed by atoms with E-state index in [1.54, 1.807) is 4.68 Å². The third kappa shape index (κ3) is 1.52. The lowest BCUT2D eigenvalue weighted by atomic mass is 9.54. The van der Waals surface area contributed by atoms with Gasteiger partial charge >= 0.3 is 5.97 Å². The Bertz CT molecular complexity index is 511. The molecule has 0 aromatic carbocycles. The van der Waals surface area contributed by atoms with Crippen molar-refractivity contribution in [1.29, 1.82) is 0 Å².